The highest BCUT2D eigenvalue weighted by Gasteiger charge is 2.21. The lowest BCUT2D eigenvalue weighted by Crippen LogP contribution is -2.40. The van der Waals surface area contributed by atoms with Gasteiger partial charge in [-0.25, -0.2) is 4.79 Å². The van der Waals surface area contributed by atoms with Gasteiger partial charge in [0.25, 0.3) is 22.7 Å². The minimum absolute atomic E-state index is 0.00259. The fraction of sp³-hybridized carbons (Fsp3) is 0.208. The Morgan fingerprint density at radius 1 is 0.829 bits per heavy atom. The third-order valence-electron chi connectivity index (χ3n) is 5.35. The fourth-order valence-electron chi connectivity index (χ4n) is 3.29. The number of carbonyl (C=O) groups is 3. The van der Waals surface area contributed by atoms with Crippen molar-refractivity contribution in [3.8, 4) is 0 Å². The molecule has 11 nitrogen and oxygen atoms in total. The van der Waals surface area contributed by atoms with E-state index in [2.05, 4.69) is 16.0 Å². The Morgan fingerprint density at radius 3 is 2.03 bits per heavy atom. The monoisotopic (exact) mass is 479 g/mol. The van der Waals surface area contributed by atoms with Crippen molar-refractivity contribution < 1.29 is 19.5 Å². The molecule has 0 bridgehead atoms. The van der Waals surface area contributed by atoms with Gasteiger partial charge in [0.2, 0.25) is 0 Å². The quantitative estimate of drug-likeness (QED) is 0.132. The third kappa shape index (κ3) is 6.22. The standard InChI is InChI=1S/C24H25N5O6/c25-15-8-4-13(5-9-15)22(32)27-12-2-1-3-17(24(34)35)29-23(33)14-6-10-16(11-7-14)28-19-18(26)20(30)21(19)31/h4-11,17,28H,1-3,12,25-26H2,(H,27,32)(H,29,33)(H,34,35)/t17-/m0/s1. The molecule has 3 aromatic carbocycles. The molecule has 0 radical (unpaired) electrons. The Morgan fingerprint density at radius 2 is 1.43 bits per heavy atom. The normalized spacial score (nSPS) is 11.5. The summed E-state index contributed by atoms with van der Waals surface area (Å²) in [6, 6.07) is 11.3. The summed E-state index contributed by atoms with van der Waals surface area (Å²) < 4.78 is 0. The number of carboxylic acids is 1. The molecule has 1 atom stereocenters. The Balaban J connectivity index is 1.45. The van der Waals surface area contributed by atoms with Gasteiger partial charge in [-0.1, -0.05) is 0 Å². The molecule has 0 aliphatic rings. The molecule has 0 aromatic heterocycles. The number of nitrogens with two attached hydrogens (primary N) is 2. The number of amides is 2. The van der Waals surface area contributed by atoms with Crippen molar-refractivity contribution in [1.29, 1.82) is 0 Å². The van der Waals surface area contributed by atoms with E-state index in [1.807, 2.05) is 0 Å². The second-order valence-electron chi connectivity index (χ2n) is 7.89. The number of carbonyl (C=O) groups excluding carboxylic acids is 2. The molecule has 35 heavy (non-hydrogen) atoms. The van der Waals surface area contributed by atoms with Crippen LogP contribution in [0.4, 0.5) is 22.7 Å². The van der Waals surface area contributed by atoms with Gasteiger partial charge < -0.3 is 32.5 Å². The van der Waals surface area contributed by atoms with E-state index >= 15 is 0 Å². The molecule has 0 saturated heterocycles. The van der Waals surface area contributed by atoms with Crippen LogP contribution in [0, 0.1) is 0 Å². The SMILES string of the molecule is Nc1ccc(C(=O)NCCCC[C@H](NC(=O)c2ccc(Nc3c(N)c(=O)c3=O)cc2)C(=O)O)cc1. The first-order chi connectivity index (χ1) is 16.7. The summed E-state index contributed by atoms with van der Waals surface area (Å²) in [5.41, 5.74) is 11.2. The smallest absolute Gasteiger partial charge is 0.326 e. The molecule has 0 heterocycles. The zero-order valence-corrected chi connectivity index (χ0v) is 18.7. The summed E-state index contributed by atoms with van der Waals surface area (Å²) in [5.74, 6) is -1.99. The summed E-state index contributed by atoms with van der Waals surface area (Å²) in [5, 5.41) is 17.4. The second-order valence-corrected chi connectivity index (χ2v) is 7.89. The van der Waals surface area contributed by atoms with Gasteiger partial charge in [-0.05, 0) is 67.8 Å². The molecule has 8 N–H and O–H groups in total. The Hall–Kier alpha value is -4.67. The molecular formula is C24H25N5O6. The third-order valence-corrected chi connectivity index (χ3v) is 5.35. The van der Waals surface area contributed by atoms with Gasteiger partial charge in [0.15, 0.2) is 0 Å². The van der Waals surface area contributed by atoms with Gasteiger partial charge in [-0.15, -0.1) is 0 Å². The molecule has 0 aliphatic heterocycles. The van der Waals surface area contributed by atoms with Gasteiger partial charge in [-0.3, -0.25) is 19.2 Å². The average molecular weight is 479 g/mol. The van der Waals surface area contributed by atoms with Crippen LogP contribution in [-0.4, -0.2) is 35.5 Å². The van der Waals surface area contributed by atoms with E-state index in [0.29, 0.717) is 36.3 Å². The predicted molar refractivity (Wildman–Crippen MR) is 131 cm³/mol. The number of nitrogen functional groups attached to an aromatic ring is 2. The molecular weight excluding hydrogens is 454 g/mol. The van der Waals surface area contributed by atoms with Gasteiger partial charge in [0, 0.05) is 29.0 Å². The highest BCUT2D eigenvalue weighted by atomic mass is 16.4. The van der Waals surface area contributed by atoms with E-state index in [1.54, 1.807) is 24.3 Å². The summed E-state index contributed by atoms with van der Waals surface area (Å²) in [7, 11) is 0. The fourth-order valence-corrected chi connectivity index (χ4v) is 3.29. The topological polar surface area (TPSA) is 194 Å². The number of nitrogens with one attached hydrogen (secondary N) is 3. The maximum atomic E-state index is 12.5. The van der Waals surface area contributed by atoms with Crippen molar-refractivity contribution in [2.24, 2.45) is 0 Å². The molecule has 11 heteroatoms. The lowest BCUT2D eigenvalue weighted by Gasteiger charge is -2.15. The average Bonchev–Trinajstić information content (AvgIpc) is 2.86. The molecule has 0 unspecified atom stereocenters. The predicted octanol–water partition coefficient (Wildman–Crippen LogP) is 0.974. The Bertz CT molecular complexity index is 1290. The summed E-state index contributed by atoms with van der Waals surface area (Å²) in [6.45, 7) is 0.354. The van der Waals surface area contributed by atoms with Crippen LogP contribution >= 0.6 is 0 Å². The van der Waals surface area contributed by atoms with Crippen molar-refractivity contribution in [2.75, 3.05) is 23.3 Å². The van der Waals surface area contributed by atoms with Crippen LogP contribution in [-0.2, 0) is 4.79 Å². The number of aliphatic carboxylic acids is 1. The minimum Gasteiger partial charge on any atom is -0.480 e. The van der Waals surface area contributed by atoms with Gasteiger partial charge in [-0.2, -0.15) is 0 Å². The van der Waals surface area contributed by atoms with E-state index < -0.39 is 28.8 Å². The highest BCUT2D eigenvalue weighted by Crippen LogP contribution is 2.18. The number of benzene rings is 2. The number of anilines is 4. The minimum atomic E-state index is -1.17. The van der Waals surface area contributed by atoms with Crippen LogP contribution in [0.5, 0.6) is 0 Å². The number of unbranched alkanes of at least 4 members (excludes halogenated alkanes) is 1. The van der Waals surface area contributed by atoms with E-state index in [4.69, 9.17) is 11.5 Å². The van der Waals surface area contributed by atoms with Crippen molar-refractivity contribution in [2.45, 2.75) is 25.3 Å². The highest BCUT2D eigenvalue weighted by molar-refractivity contribution is 5.97. The van der Waals surface area contributed by atoms with Crippen molar-refractivity contribution in [3.05, 3.63) is 80.1 Å². The summed E-state index contributed by atoms with van der Waals surface area (Å²) in [6.07, 6.45) is 1.17. The van der Waals surface area contributed by atoms with Crippen molar-refractivity contribution >= 4 is 40.5 Å². The molecule has 0 fully saturated rings. The number of hydrogen-bond acceptors (Lipinski definition) is 8. The van der Waals surface area contributed by atoms with Gasteiger partial charge in [0.05, 0.1) is 0 Å². The van der Waals surface area contributed by atoms with Crippen molar-refractivity contribution in [1.82, 2.24) is 10.6 Å². The maximum absolute atomic E-state index is 12.5. The van der Waals surface area contributed by atoms with Crippen LogP contribution < -0.4 is 38.3 Å². The van der Waals surface area contributed by atoms with Crippen molar-refractivity contribution in [3.63, 3.8) is 0 Å². The van der Waals surface area contributed by atoms with Crippen LogP contribution in [0.25, 0.3) is 0 Å². The lowest BCUT2D eigenvalue weighted by atomic mass is 10.1. The number of carboxylic acid groups (broad SMARTS) is 1. The molecule has 0 saturated carbocycles. The first kappa shape index (κ1) is 25.0. The lowest BCUT2D eigenvalue weighted by molar-refractivity contribution is -0.139. The van der Waals surface area contributed by atoms with Crippen LogP contribution in [0.2, 0.25) is 0 Å². The summed E-state index contributed by atoms with van der Waals surface area (Å²) in [4.78, 5) is 58.8. The summed E-state index contributed by atoms with van der Waals surface area (Å²) >= 11 is 0. The molecule has 0 aliphatic carbocycles. The van der Waals surface area contributed by atoms with Crippen LogP contribution in [0.1, 0.15) is 40.0 Å². The Kier molecular flexibility index (Phi) is 7.82. The van der Waals surface area contributed by atoms with E-state index in [1.165, 1.54) is 24.3 Å². The molecule has 182 valence electrons. The first-order valence-corrected chi connectivity index (χ1v) is 10.8. The zero-order chi connectivity index (χ0) is 25.5. The van der Waals surface area contributed by atoms with Gasteiger partial charge in [0.1, 0.15) is 17.4 Å². The van der Waals surface area contributed by atoms with E-state index in [9.17, 15) is 29.1 Å². The first-order valence-electron chi connectivity index (χ1n) is 10.8. The Labute approximate surface area is 199 Å². The van der Waals surface area contributed by atoms with E-state index in [-0.39, 0.29) is 29.3 Å². The molecule has 3 rings (SSSR count). The zero-order valence-electron chi connectivity index (χ0n) is 18.7. The second kappa shape index (κ2) is 11.0. The molecule has 0 spiro atoms. The van der Waals surface area contributed by atoms with Crippen LogP contribution in [0.3, 0.4) is 0 Å². The van der Waals surface area contributed by atoms with E-state index in [0.717, 1.165) is 0 Å². The molecule has 2 amide bonds. The number of rotatable bonds is 11. The van der Waals surface area contributed by atoms with Crippen LogP contribution in [0.15, 0.2) is 58.1 Å². The largest absolute Gasteiger partial charge is 0.480 e. The number of hydrogen-bond donors (Lipinski definition) is 6. The van der Waals surface area contributed by atoms with Gasteiger partial charge >= 0.3 is 5.97 Å². The molecule has 3 aromatic rings. The maximum Gasteiger partial charge on any atom is 0.326 e.